The topological polar surface area (TPSA) is 128 Å². The Morgan fingerprint density at radius 1 is 0.580 bits per heavy atom. The van der Waals surface area contributed by atoms with E-state index >= 15 is 0 Å². The Morgan fingerprint density at radius 2 is 1.02 bits per heavy atom. The van der Waals surface area contributed by atoms with Crippen LogP contribution in [0.25, 0.3) is 0 Å². The number of rotatable bonds is 33. The summed E-state index contributed by atoms with van der Waals surface area (Å²) in [6.45, 7) is 11.9. The van der Waals surface area contributed by atoms with Crippen molar-refractivity contribution in [3.05, 3.63) is 0 Å². The number of hydrogen-bond acceptors (Lipinski definition) is 10. The molecule has 2 N–H and O–H groups in total. The summed E-state index contributed by atoms with van der Waals surface area (Å²) in [5.74, 6) is 0.157. The van der Waals surface area contributed by atoms with Crippen LogP contribution in [0.1, 0.15) is 189 Å². The van der Waals surface area contributed by atoms with Crippen LogP contribution < -0.4 is 5.32 Å². The minimum absolute atomic E-state index is 0.0128. The third kappa shape index (κ3) is 39.3. The van der Waals surface area contributed by atoms with Gasteiger partial charge in [0, 0.05) is 19.3 Å². The van der Waals surface area contributed by atoms with Crippen molar-refractivity contribution in [1.82, 2.24) is 5.32 Å². The van der Waals surface area contributed by atoms with Crippen LogP contribution in [0, 0.1) is 5.92 Å². The van der Waals surface area contributed by atoms with Crippen molar-refractivity contribution in [2.75, 3.05) is 19.8 Å². The Bertz CT molecular complexity index is 760. The predicted molar refractivity (Wildman–Crippen MR) is 213 cm³/mol. The lowest BCUT2D eigenvalue weighted by molar-refractivity contribution is -0.151. The van der Waals surface area contributed by atoms with E-state index < -0.39 is 0 Å². The third-order valence-electron chi connectivity index (χ3n) is 8.56. The van der Waals surface area contributed by atoms with Gasteiger partial charge in [0.1, 0.15) is 19.3 Å². The van der Waals surface area contributed by atoms with Gasteiger partial charge in [0.2, 0.25) is 0 Å². The van der Waals surface area contributed by atoms with Crippen molar-refractivity contribution in [1.29, 1.82) is 0 Å². The molecular weight excluding hydrogens is 675 g/mol. The van der Waals surface area contributed by atoms with Gasteiger partial charge in [-0.1, -0.05) is 125 Å². The Balaban J connectivity index is -0.00000417. The molecular formula is C39H77NO8S2. The number of ether oxygens (including phenoxy) is 3. The molecule has 9 nitrogen and oxygen atoms in total. The number of esters is 3. The first-order chi connectivity index (χ1) is 24.3. The summed E-state index contributed by atoms with van der Waals surface area (Å²) in [7, 11) is 0. The molecule has 0 aromatic heterocycles. The molecule has 0 fully saturated rings. The first-order valence-electron chi connectivity index (χ1n) is 19.8. The molecule has 0 aliphatic rings. The van der Waals surface area contributed by atoms with Gasteiger partial charge in [-0.25, -0.2) is 0 Å². The summed E-state index contributed by atoms with van der Waals surface area (Å²) in [5.41, 5.74) is 0. The van der Waals surface area contributed by atoms with Crippen molar-refractivity contribution in [2.24, 2.45) is 5.92 Å². The zero-order valence-electron chi connectivity index (χ0n) is 32.6. The maximum absolute atomic E-state index is 12.4. The van der Waals surface area contributed by atoms with Crippen molar-refractivity contribution >= 4 is 47.7 Å². The first kappa shape index (κ1) is 52.9. The van der Waals surface area contributed by atoms with E-state index in [0.717, 1.165) is 63.8 Å². The lowest BCUT2D eigenvalue weighted by atomic mass is 9.91. The monoisotopic (exact) mass is 752 g/mol. The summed E-state index contributed by atoms with van der Waals surface area (Å²) in [6.07, 6.45) is 24.1. The van der Waals surface area contributed by atoms with Crippen LogP contribution in [0.3, 0.4) is 0 Å². The van der Waals surface area contributed by atoms with Gasteiger partial charge in [-0.15, -0.1) is 23.3 Å². The van der Waals surface area contributed by atoms with E-state index in [0.29, 0.717) is 25.7 Å². The van der Waals surface area contributed by atoms with Crippen LogP contribution >= 0.6 is 23.3 Å². The molecule has 0 radical (unpaired) electrons. The van der Waals surface area contributed by atoms with Crippen LogP contribution in [0.15, 0.2) is 0 Å². The number of hydrogen-bond donors (Lipinski definition) is 4. The predicted octanol–water partition coefficient (Wildman–Crippen LogP) is 10.5. The van der Waals surface area contributed by atoms with Crippen LogP contribution in [-0.4, -0.2) is 61.4 Å². The quantitative estimate of drug-likeness (QED) is 0.0129. The first-order valence-corrected chi connectivity index (χ1v) is 21.4. The van der Waals surface area contributed by atoms with Gasteiger partial charge < -0.3 is 24.6 Å². The summed E-state index contributed by atoms with van der Waals surface area (Å²) >= 11 is 6.44. The van der Waals surface area contributed by atoms with Crippen LogP contribution in [-0.2, 0) is 33.4 Å². The Labute approximate surface area is 317 Å². The van der Waals surface area contributed by atoms with Crippen molar-refractivity contribution < 1.29 is 38.5 Å². The maximum atomic E-state index is 12.4. The SMILES string of the molecule is CCCCCCC(CCC)CCCCC(=O)OCC(COC(=O)CCCCC(=O)OC(CCC)CCCCCC)NCCCC.O=CO.SS. The number of carbonyl (C=O) groups is 4. The van der Waals surface area contributed by atoms with Gasteiger partial charge in [0.15, 0.2) is 0 Å². The molecule has 0 rings (SSSR count). The average Bonchev–Trinajstić information content (AvgIpc) is 3.11. The molecule has 3 unspecified atom stereocenters. The van der Waals surface area contributed by atoms with Crippen LogP contribution in [0.2, 0.25) is 0 Å². The molecule has 0 aliphatic heterocycles. The summed E-state index contributed by atoms with van der Waals surface area (Å²) < 4.78 is 16.8. The second-order valence-corrected chi connectivity index (χ2v) is 13.2. The van der Waals surface area contributed by atoms with Crippen molar-refractivity contribution in [3.63, 3.8) is 0 Å². The van der Waals surface area contributed by atoms with Crippen LogP contribution in [0.4, 0.5) is 0 Å². The molecule has 3 atom stereocenters. The van der Waals surface area contributed by atoms with Crippen molar-refractivity contribution in [2.45, 2.75) is 201 Å². The molecule has 0 saturated heterocycles. The van der Waals surface area contributed by atoms with Crippen molar-refractivity contribution in [3.8, 4) is 0 Å². The molecule has 0 aromatic carbocycles. The fourth-order valence-corrected chi connectivity index (χ4v) is 5.75. The molecule has 0 heterocycles. The number of carbonyl (C=O) groups excluding carboxylic acids is 3. The molecule has 0 spiro atoms. The van der Waals surface area contributed by atoms with E-state index in [-0.39, 0.29) is 56.2 Å². The molecule has 0 aliphatic carbocycles. The van der Waals surface area contributed by atoms with Gasteiger partial charge in [-0.3, -0.25) is 19.2 Å². The molecule has 50 heavy (non-hydrogen) atoms. The second kappa shape index (κ2) is 43.7. The zero-order valence-corrected chi connectivity index (χ0v) is 34.4. The molecule has 0 saturated carbocycles. The highest BCUT2D eigenvalue weighted by Gasteiger charge is 2.16. The summed E-state index contributed by atoms with van der Waals surface area (Å²) in [4.78, 5) is 45.5. The highest BCUT2D eigenvalue weighted by Crippen LogP contribution is 2.22. The average molecular weight is 752 g/mol. The molecule has 0 amide bonds. The normalized spacial score (nSPS) is 12.3. The highest BCUT2D eigenvalue weighted by molar-refractivity contribution is 8.59. The van der Waals surface area contributed by atoms with E-state index in [9.17, 15) is 14.4 Å². The zero-order chi connectivity index (χ0) is 38.1. The smallest absolute Gasteiger partial charge is 0.306 e. The molecule has 298 valence electrons. The number of carboxylic acid groups (broad SMARTS) is 1. The Morgan fingerprint density at radius 3 is 1.50 bits per heavy atom. The van der Waals surface area contributed by atoms with Gasteiger partial charge in [-0.2, -0.15) is 0 Å². The van der Waals surface area contributed by atoms with Gasteiger partial charge in [-0.05, 0) is 57.4 Å². The molecule has 0 aromatic rings. The minimum atomic E-state index is -0.284. The lowest BCUT2D eigenvalue weighted by Crippen LogP contribution is -2.39. The number of nitrogens with one attached hydrogen (secondary N) is 1. The maximum Gasteiger partial charge on any atom is 0.306 e. The Kier molecular flexibility index (Phi) is 46.2. The fraction of sp³-hybridized carbons (Fsp3) is 0.897. The van der Waals surface area contributed by atoms with E-state index in [1.54, 1.807) is 0 Å². The van der Waals surface area contributed by atoms with E-state index in [4.69, 9.17) is 24.1 Å². The van der Waals surface area contributed by atoms with Gasteiger partial charge in [0.05, 0.1) is 6.04 Å². The molecule has 0 bridgehead atoms. The number of thiol groups is 2. The van der Waals surface area contributed by atoms with E-state index in [2.05, 4.69) is 63.3 Å². The largest absolute Gasteiger partial charge is 0.483 e. The van der Waals surface area contributed by atoms with E-state index in [1.807, 2.05) is 0 Å². The minimum Gasteiger partial charge on any atom is -0.483 e. The third-order valence-corrected chi connectivity index (χ3v) is 8.56. The standard InChI is InChI=1S/C38H73NO6.CH2O2.H2S2/c1-6-11-14-16-24-33(22-9-4)25-18-19-27-36(40)43-31-34(39-30-13-8-3)32-44-37(41)28-20-21-29-38(42)45-35(23-10-5)26-17-15-12-7-2;2-1-3;1-2/h33-35,39H,6-32H2,1-5H3;1H,(H,2,3);1-2H. The van der Waals surface area contributed by atoms with Gasteiger partial charge in [0.25, 0.3) is 6.47 Å². The Hall–Kier alpha value is -1.46. The lowest BCUT2D eigenvalue weighted by Gasteiger charge is -2.19. The molecule has 11 heteroatoms. The summed E-state index contributed by atoms with van der Waals surface area (Å²) in [5, 5.41) is 10.3. The van der Waals surface area contributed by atoms with Crippen LogP contribution in [0.5, 0.6) is 0 Å². The highest BCUT2D eigenvalue weighted by atomic mass is 33.1. The van der Waals surface area contributed by atoms with E-state index in [1.165, 1.54) is 70.6 Å². The fourth-order valence-electron chi connectivity index (χ4n) is 5.75. The second-order valence-electron chi connectivity index (χ2n) is 13.2. The summed E-state index contributed by atoms with van der Waals surface area (Å²) in [6, 6.07) is -0.218. The number of unbranched alkanes of at least 4 members (excludes halogenated alkanes) is 9. The van der Waals surface area contributed by atoms with Gasteiger partial charge >= 0.3 is 17.9 Å².